The number of rotatable bonds is 3. The van der Waals surface area contributed by atoms with E-state index in [0.717, 1.165) is 24.4 Å². The first-order chi connectivity index (χ1) is 6.27. The molecule has 1 aromatic heterocycles. The lowest BCUT2D eigenvalue weighted by Gasteiger charge is -2.39. The van der Waals surface area contributed by atoms with Crippen LogP contribution >= 0.6 is 0 Å². The normalized spacial score (nSPS) is 19.8. The van der Waals surface area contributed by atoms with Gasteiger partial charge in [0.1, 0.15) is 5.76 Å². The Bertz CT molecular complexity index is 289. The fourth-order valence-electron chi connectivity index (χ4n) is 2.13. The molecule has 0 saturated heterocycles. The Kier molecular flexibility index (Phi) is 2.12. The van der Waals surface area contributed by atoms with Crippen LogP contribution < -0.4 is 5.73 Å². The first-order valence-electron chi connectivity index (χ1n) is 4.91. The van der Waals surface area contributed by atoms with E-state index >= 15 is 0 Å². The first-order valence-corrected chi connectivity index (χ1v) is 4.91. The summed E-state index contributed by atoms with van der Waals surface area (Å²) >= 11 is 0. The van der Waals surface area contributed by atoms with Crippen molar-refractivity contribution in [3.05, 3.63) is 17.5 Å². The van der Waals surface area contributed by atoms with Crippen LogP contribution in [0.1, 0.15) is 37.1 Å². The fraction of sp³-hybridized carbons (Fsp3) is 0.700. The second kappa shape index (κ2) is 3.14. The lowest BCUT2D eigenvalue weighted by atomic mass is 9.64. The van der Waals surface area contributed by atoms with E-state index in [9.17, 15) is 0 Å². The number of aromatic nitrogens is 1. The van der Waals surface area contributed by atoms with Crippen molar-refractivity contribution in [1.82, 2.24) is 5.16 Å². The molecule has 1 heterocycles. The zero-order chi connectivity index (χ0) is 9.31. The lowest BCUT2D eigenvalue weighted by Crippen LogP contribution is -2.36. The van der Waals surface area contributed by atoms with Crippen molar-refractivity contribution in [1.29, 1.82) is 0 Å². The Hall–Kier alpha value is -0.830. The molecule has 1 fully saturated rings. The highest BCUT2D eigenvalue weighted by molar-refractivity contribution is 5.20. The largest absolute Gasteiger partial charge is 0.361 e. The van der Waals surface area contributed by atoms with Gasteiger partial charge in [-0.15, -0.1) is 0 Å². The van der Waals surface area contributed by atoms with Gasteiger partial charge in [-0.25, -0.2) is 0 Å². The average molecular weight is 180 g/mol. The van der Waals surface area contributed by atoms with Crippen LogP contribution in [0.15, 0.2) is 10.6 Å². The van der Waals surface area contributed by atoms with Crippen LogP contribution in [0.25, 0.3) is 0 Å². The Balaban J connectivity index is 2.21. The molecule has 0 unspecified atom stereocenters. The molecule has 0 amide bonds. The zero-order valence-corrected chi connectivity index (χ0v) is 8.05. The van der Waals surface area contributed by atoms with Gasteiger partial charge in [-0.2, -0.15) is 0 Å². The summed E-state index contributed by atoms with van der Waals surface area (Å²) in [4.78, 5) is 0. The first kappa shape index (κ1) is 8.75. The molecule has 2 rings (SSSR count). The van der Waals surface area contributed by atoms with Gasteiger partial charge in [0.2, 0.25) is 0 Å². The van der Waals surface area contributed by atoms with Gasteiger partial charge in [-0.3, -0.25) is 0 Å². The van der Waals surface area contributed by atoms with Gasteiger partial charge in [-0.05, 0) is 32.7 Å². The third-order valence-corrected chi connectivity index (χ3v) is 3.10. The van der Waals surface area contributed by atoms with Crippen molar-refractivity contribution in [3.63, 3.8) is 0 Å². The van der Waals surface area contributed by atoms with Gasteiger partial charge < -0.3 is 10.3 Å². The van der Waals surface area contributed by atoms with Crippen molar-refractivity contribution >= 4 is 0 Å². The van der Waals surface area contributed by atoms with Crippen molar-refractivity contribution in [2.24, 2.45) is 5.73 Å². The van der Waals surface area contributed by atoms with E-state index in [-0.39, 0.29) is 5.41 Å². The molecule has 1 aliphatic carbocycles. The lowest BCUT2D eigenvalue weighted by molar-refractivity contribution is 0.212. The van der Waals surface area contributed by atoms with Crippen LogP contribution in [-0.2, 0) is 5.41 Å². The molecule has 0 aliphatic heterocycles. The molecule has 1 aliphatic rings. The van der Waals surface area contributed by atoms with E-state index in [1.165, 1.54) is 19.3 Å². The molecular weight excluding hydrogens is 164 g/mol. The van der Waals surface area contributed by atoms with Gasteiger partial charge >= 0.3 is 0 Å². The molecule has 72 valence electrons. The highest BCUT2D eigenvalue weighted by Gasteiger charge is 2.40. The van der Waals surface area contributed by atoms with Crippen LogP contribution in [-0.4, -0.2) is 11.7 Å². The summed E-state index contributed by atoms with van der Waals surface area (Å²) in [6.07, 6.45) is 4.78. The number of hydrogen-bond donors (Lipinski definition) is 1. The summed E-state index contributed by atoms with van der Waals surface area (Å²) in [7, 11) is 0. The molecule has 0 spiro atoms. The SMILES string of the molecule is Cc1cc(C2(CCN)CCC2)no1. The minimum Gasteiger partial charge on any atom is -0.361 e. The second-order valence-electron chi connectivity index (χ2n) is 4.00. The topological polar surface area (TPSA) is 52.0 Å². The fourth-order valence-corrected chi connectivity index (χ4v) is 2.13. The highest BCUT2D eigenvalue weighted by Crippen LogP contribution is 2.45. The van der Waals surface area contributed by atoms with Crippen LogP contribution in [0.2, 0.25) is 0 Å². The van der Waals surface area contributed by atoms with E-state index < -0.39 is 0 Å². The average Bonchev–Trinajstić information content (AvgIpc) is 2.44. The molecule has 0 atom stereocenters. The Labute approximate surface area is 78.3 Å². The van der Waals surface area contributed by atoms with Crippen molar-refractivity contribution in [3.8, 4) is 0 Å². The summed E-state index contributed by atoms with van der Waals surface area (Å²) in [6, 6.07) is 2.05. The van der Waals surface area contributed by atoms with E-state index in [0.29, 0.717) is 0 Å². The molecule has 3 heteroatoms. The van der Waals surface area contributed by atoms with Gasteiger partial charge in [0, 0.05) is 11.5 Å². The van der Waals surface area contributed by atoms with E-state index in [1.54, 1.807) is 0 Å². The van der Waals surface area contributed by atoms with Crippen molar-refractivity contribution < 1.29 is 4.52 Å². The van der Waals surface area contributed by atoms with Gasteiger partial charge in [0.05, 0.1) is 5.69 Å². The van der Waals surface area contributed by atoms with Gasteiger partial charge in [0.15, 0.2) is 0 Å². The molecule has 1 saturated carbocycles. The monoisotopic (exact) mass is 180 g/mol. The summed E-state index contributed by atoms with van der Waals surface area (Å²) in [5.41, 5.74) is 6.98. The van der Waals surface area contributed by atoms with Crippen LogP contribution in [0.3, 0.4) is 0 Å². The predicted octanol–water partition coefficient (Wildman–Crippen LogP) is 1.75. The molecule has 3 nitrogen and oxygen atoms in total. The third-order valence-electron chi connectivity index (χ3n) is 3.10. The van der Waals surface area contributed by atoms with E-state index in [2.05, 4.69) is 11.2 Å². The van der Waals surface area contributed by atoms with Gasteiger partial charge in [0.25, 0.3) is 0 Å². The molecule has 0 aromatic carbocycles. The smallest absolute Gasteiger partial charge is 0.133 e. The summed E-state index contributed by atoms with van der Waals surface area (Å²) in [5, 5.41) is 4.10. The minimum atomic E-state index is 0.256. The van der Waals surface area contributed by atoms with E-state index in [1.807, 2.05) is 6.92 Å². The molecule has 0 bridgehead atoms. The molecule has 1 aromatic rings. The van der Waals surface area contributed by atoms with Crippen LogP contribution in [0, 0.1) is 6.92 Å². The quantitative estimate of drug-likeness (QED) is 0.771. The van der Waals surface area contributed by atoms with Crippen molar-refractivity contribution in [2.75, 3.05) is 6.54 Å². The second-order valence-corrected chi connectivity index (χ2v) is 4.00. The van der Waals surface area contributed by atoms with Crippen LogP contribution in [0.5, 0.6) is 0 Å². The van der Waals surface area contributed by atoms with E-state index in [4.69, 9.17) is 10.3 Å². The maximum Gasteiger partial charge on any atom is 0.133 e. The maximum absolute atomic E-state index is 5.61. The number of nitrogens with two attached hydrogens (primary N) is 1. The highest BCUT2D eigenvalue weighted by atomic mass is 16.5. The third kappa shape index (κ3) is 1.37. The molecule has 0 radical (unpaired) electrons. The number of nitrogens with zero attached hydrogens (tertiary/aromatic N) is 1. The molecule has 2 N–H and O–H groups in total. The van der Waals surface area contributed by atoms with Gasteiger partial charge in [-0.1, -0.05) is 11.6 Å². The van der Waals surface area contributed by atoms with Crippen molar-refractivity contribution in [2.45, 2.75) is 38.0 Å². The maximum atomic E-state index is 5.61. The summed E-state index contributed by atoms with van der Waals surface area (Å²) < 4.78 is 5.10. The molecule has 13 heavy (non-hydrogen) atoms. The zero-order valence-electron chi connectivity index (χ0n) is 8.05. The number of aryl methyl sites for hydroxylation is 1. The number of hydrogen-bond acceptors (Lipinski definition) is 3. The Morgan fingerprint density at radius 1 is 1.62 bits per heavy atom. The summed E-state index contributed by atoms with van der Waals surface area (Å²) in [6.45, 7) is 2.68. The standard InChI is InChI=1S/C10H16N2O/c1-8-7-9(12-13-8)10(5-6-11)3-2-4-10/h7H,2-6,11H2,1H3. The van der Waals surface area contributed by atoms with Crippen LogP contribution in [0.4, 0.5) is 0 Å². The summed E-state index contributed by atoms with van der Waals surface area (Å²) in [5.74, 6) is 0.901. The predicted molar refractivity (Wildman–Crippen MR) is 50.4 cm³/mol. The minimum absolute atomic E-state index is 0.256. The molecular formula is C10H16N2O. The Morgan fingerprint density at radius 2 is 2.38 bits per heavy atom. The Morgan fingerprint density at radius 3 is 2.77 bits per heavy atom.